The van der Waals surface area contributed by atoms with Crippen molar-refractivity contribution in [2.24, 2.45) is 0 Å². The molecule has 0 aliphatic carbocycles. The Kier molecular flexibility index (Phi) is 5.87. The van der Waals surface area contributed by atoms with Gasteiger partial charge in [0.1, 0.15) is 0 Å². The number of benzene rings is 1. The van der Waals surface area contributed by atoms with Gasteiger partial charge in [0, 0.05) is 18.6 Å². The molecule has 0 saturated carbocycles. The highest BCUT2D eigenvalue weighted by Gasteiger charge is 2.17. The summed E-state index contributed by atoms with van der Waals surface area (Å²) in [5.41, 5.74) is 1.43. The van der Waals surface area contributed by atoms with Crippen molar-refractivity contribution in [3.63, 3.8) is 0 Å². The molecule has 1 heterocycles. The van der Waals surface area contributed by atoms with E-state index in [1.54, 1.807) is 0 Å². The SMILES string of the molecule is CCCC(NC(C)CN1CCCC1)c1ccccc1. The van der Waals surface area contributed by atoms with Crippen molar-refractivity contribution in [3.8, 4) is 0 Å². The molecule has 0 spiro atoms. The lowest BCUT2D eigenvalue weighted by atomic mass is 10.0. The van der Waals surface area contributed by atoms with Crippen molar-refractivity contribution >= 4 is 0 Å². The van der Waals surface area contributed by atoms with Crippen molar-refractivity contribution in [2.75, 3.05) is 19.6 Å². The Morgan fingerprint density at radius 1 is 1.16 bits per heavy atom. The van der Waals surface area contributed by atoms with Crippen LogP contribution < -0.4 is 5.32 Å². The Hall–Kier alpha value is -0.860. The van der Waals surface area contributed by atoms with Gasteiger partial charge in [-0.3, -0.25) is 0 Å². The molecule has 1 aromatic carbocycles. The minimum atomic E-state index is 0.504. The van der Waals surface area contributed by atoms with Crippen LogP contribution in [0.4, 0.5) is 0 Å². The van der Waals surface area contributed by atoms with E-state index in [1.165, 1.54) is 50.9 Å². The van der Waals surface area contributed by atoms with Gasteiger partial charge in [-0.1, -0.05) is 43.7 Å². The number of nitrogens with zero attached hydrogens (tertiary/aromatic N) is 1. The van der Waals surface area contributed by atoms with Crippen LogP contribution in [-0.4, -0.2) is 30.6 Å². The van der Waals surface area contributed by atoms with E-state index in [-0.39, 0.29) is 0 Å². The third-order valence-corrected chi connectivity index (χ3v) is 4.00. The van der Waals surface area contributed by atoms with Gasteiger partial charge in [-0.15, -0.1) is 0 Å². The lowest BCUT2D eigenvalue weighted by Crippen LogP contribution is -2.39. The first-order valence-electron chi connectivity index (χ1n) is 7.83. The number of hydrogen-bond donors (Lipinski definition) is 1. The molecule has 1 aliphatic heterocycles. The van der Waals surface area contributed by atoms with Crippen LogP contribution in [0.2, 0.25) is 0 Å². The van der Waals surface area contributed by atoms with Crippen LogP contribution in [0.1, 0.15) is 51.1 Å². The molecule has 2 atom stereocenters. The maximum absolute atomic E-state index is 3.82. The van der Waals surface area contributed by atoms with Gasteiger partial charge in [-0.2, -0.15) is 0 Å². The number of nitrogens with one attached hydrogen (secondary N) is 1. The number of likely N-dealkylation sites (tertiary alicyclic amines) is 1. The minimum Gasteiger partial charge on any atom is -0.306 e. The molecule has 0 bridgehead atoms. The standard InChI is InChI=1S/C17H28N2/c1-3-9-17(16-10-5-4-6-11-16)18-15(2)14-19-12-7-8-13-19/h4-6,10-11,15,17-18H,3,7-9,12-14H2,1-2H3. The van der Waals surface area contributed by atoms with Crippen LogP contribution in [0.15, 0.2) is 30.3 Å². The second-order valence-corrected chi connectivity index (χ2v) is 5.83. The topological polar surface area (TPSA) is 15.3 Å². The maximum atomic E-state index is 3.82. The van der Waals surface area contributed by atoms with Crippen molar-refractivity contribution in [3.05, 3.63) is 35.9 Å². The normalized spacial score (nSPS) is 19.5. The second-order valence-electron chi connectivity index (χ2n) is 5.83. The third kappa shape index (κ3) is 4.63. The highest BCUT2D eigenvalue weighted by Crippen LogP contribution is 2.19. The predicted octanol–water partition coefficient (Wildman–Crippen LogP) is 3.60. The molecular weight excluding hydrogens is 232 g/mol. The fourth-order valence-corrected chi connectivity index (χ4v) is 3.07. The van der Waals surface area contributed by atoms with Gasteiger partial charge >= 0.3 is 0 Å². The molecule has 2 unspecified atom stereocenters. The molecule has 2 nitrogen and oxygen atoms in total. The lowest BCUT2D eigenvalue weighted by Gasteiger charge is -2.27. The van der Waals surface area contributed by atoms with Gasteiger partial charge in [-0.25, -0.2) is 0 Å². The summed E-state index contributed by atoms with van der Waals surface area (Å²) < 4.78 is 0. The quantitative estimate of drug-likeness (QED) is 0.806. The van der Waals surface area contributed by atoms with Gasteiger partial charge in [-0.05, 0) is 44.8 Å². The first kappa shape index (κ1) is 14.5. The Balaban J connectivity index is 1.88. The minimum absolute atomic E-state index is 0.504. The van der Waals surface area contributed by atoms with Crippen molar-refractivity contribution in [1.29, 1.82) is 0 Å². The van der Waals surface area contributed by atoms with Crippen LogP contribution >= 0.6 is 0 Å². The summed E-state index contributed by atoms with van der Waals surface area (Å²) in [6.07, 6.45) is 5.20. The Bertz CT molecular complexity index is 344. The second kappa shape index (κ2) is 7.66. The first-order valence-corrected chi connectivity index (χ1v) is 7.83. The molecule has 19 heavy (non-hydrogen) atoms. The highest BCUT2D eigenvalue weighted by molar-refractivity contribution is 5.18. The van der Waals surface area contributed by atoms with Crippen LogP contribution in [0.5, 0.6) is 0 Å². The Morgan fingerprint density at radius 2 is 1.84 bits per heavy atom. The van der Waals surface area contributed by atoms with E-state index in [0.717, 1.165) is 0 Å². The first-order chi connectivity index (χ1) is 9.29. The summed E-state index contributed by atoms with van der Waals surface area (Å²) >= 11 is 0. The smallest absolute Gasteiger partial charge is 0.0322 e. The van der Waals surface area contributed by atoms with Gasteiger partial charge in [0.15, 0.2) is 0 Å². The zero-order valence-electron chi connectivity index (χ0n) is 12.4. The molecule has 1 saturated heterocycles. The van der Waals surface area contributed by atoms with Gasteiger partial charge in [0.25, 0.3) is 0 Å². The molecular formula is C17H28N2. The largest absolute Gasteiger partial charge is 0.306 e. The van der Waals surface area contributed by atoms with E-state index in [4.69, 9.17) is 0 Å². The van der Waals surface area contributed by atoms with E-state index < -0.39 is 0 Å². The summed E-state index contributed by atoms with van der Waals surface area (Å²) in [5.74, 6) is 0. The zero-order chi connectivity index (χ0) is 13.5. The van der Waals surface area contributed by atoms with Gasteiger partial charge in [0.05, 0.1) is 0 Å². The molecule has 1 aromatic rings. The number of rotatable bonds is 7. The van der Waals surface area contributed by atoms with Gasteiger partial charge in [0.2, 0.25) is 0 Å². The van der Waals surface area contributed by atoms with E-state index in [2.05, 4.69) is 54.4 Å². The third-order valence-electron chi connectivity index (χ3n) is 4.00. The van der Waals surface area contributed by atoms with E-state index >= 15 is 0 Å². The summed E-state index contributed by atoms with van der Waals surface area (Å²) in [5, 5.41) is 3.82. The zero-order valence-corrected chi connectivity index (χ0v) is 12.4. The molecule has 0 radical (unpaired) electrons. The average molecular weight is 260 g/mol. The molecule has 1 N–H and O–H groups in total. The average Bonchev–Trinajstić information content (AvgIpc) is 2.92. The summed E-state index contributed by atoms with van der Waals surface area (Å²) in [7, 11) is 0. The molecule has 0 amide bonds. The van der Waals surface area contributed by atoms with Crippen molar-refractivity contribution in [1.82, 2.24) is 10.2 Å². The monoisotopic (exact) mass is 260 g/mol. The molecule has 106 valence electrons. The van der Waals surface area contributed by atoms with E-state index in [1.807, 2.05) is 0 Å². The fourth-order valence-electron chi connectivity index (χ4n) is 3.07. The van der Waals surface area contributed by atoms with Crippen LogP contribution in [0, 0.1) is 0 Å². The molecule has 2 rings (SSSR count). The number of hydrogen-bond acceptors (Lipinski definition) is 2. The molecule has 0 aromatic heterocycles. The maximum Gasteiger partial charge on any atom is 0.0322 e. The Labute approximate surface area is 118 Å². The van der Waals surface area contributed by atoms with Crippen molar-refractivity contribution < 1.29 is 0 Å². The molecule has 2 heteroatoms. The highest BCUT2D eigenvalue weighted by atomic mass is 15.2. The van der Waals surface area contributed by atoms with Crippen LogP contribution in [0.3, 0.4) is 0 Å². The summed E-state index contributed by atoms with van der Waals surface area (Å²) in [6, 6.07) is 11.9. The molecule has 1 fully saturated rings. The van der Waals surface area contributed by atoms with E-state index in [0.29, 0.717) is 12.1 Å². The lowest BCUT2D eigenvalue weighted by molar-refractivity contribution is 0.282. The summed E-state index contributed by atoms with van der Waals surface area (Å²) in [4.78, 5) is 2.59. The van der Waals surface area contributed by atoms with Gasteiger partial charge < -0.3 is 10.2 Å². The fraction of sp³-hybridized carbons (Fsp3) is 0.647. The van der Waals surface area contributed by atoms with E-state index in [9.17, 15) is 0 Å². The summed E-state index contributed by atoms with van der Waals surface area (Å²) in [6.45, 7) is 8.35. The van der Waals surface area contributed by atoms with Crippen LogP contribution in [-0.2, 0) is 0 Å². The molecule has 1 aliphatic rings. The Morgan fingerprint density at radius 3 is 2.47 bits per heavy atom. The van der Waals surface area contributed by atoms with Crippen molar-refractivity contribution in [2.45, 2.75) is 51.6 Å². The predicted molar refractivity (Wildman–Crippen MR) is 82.4 cm³/mol. The van der Waals surface area contributed by atoms with Crippen LogP contribution in [0.25, 0.3) is 0 Å².